The first kappa shape index (κ1) is 18.2. The minimum atomic E-state index is -4.40. The topological polar surface area (TPSA) is 80.4 Å². The van der Waals surface area contributed by atoms with Crippen molar-refractivity contribution >= 4 is 22.0 Å². The van der Waals surface area contributed by atoms with Gasteiger partial charge in [-0.2, -0.15) is 13.2 Å². The molecule has 0 aromatic heterocycles. The van der Waals surface area contributed by atoms with Crippen LogP contribution in [0.2, 0.25) is 0 Å². The second-order valence-corrected chi connectivity index (χ2v) is 7.33. The van der Waals surface area contributed by atoms with Crippen LogP contribution in [-0.4, -0.2) is 23.9 Å². The van der Waals surface area contributed by atoms with Crippen molar-refractivity contribution in [3.63, 3.8) is 0 Å². The van der Waals surface area contributed by atoms with Gasteiger partial charge in [-0.25, -0.2) is 0 Å². The van der Waals surface area contributed by atoms with Gasteiger partial charge in [0.05, 0.1) is 5.56 Å². The van der Waals surface area contributed by atoms with Crippen molar-refractivity contribution in [1.29, 1.82) is 0 Å². The highest BCUT2D eigenvalue weighted by Crippen LogP contribution is 2.32. The summed E-state index contributed by atoms with van der Waals surface area (Å²) in [5.41, 5.74) is 5.55. The van der Waals surface area contributed by atoms with E-state index in [1.165, 1.54) is 24.4 Å². The molecule has 0 aliphatic carbocycles. The van der Waals surface area contributed by atoms with E-state index in [9.17, 15) is 18.2 Å². The molecule has 0 atom stereocenters. The van der Waals surface area contributed by atoms with Crippen molar-refractivity contribution in [2.75, 3.05) is 0 Å². The van der Waals surface area contributed by atoms with E-state index in [4.69, 9.17) is 0 Å². The Balaban J connectivity index is 2.72. The molecule has 0 radical (unpaired) electrons. The Hall–Kier alpha value is -2.18. The quantitative estimate of drug-likeness (QED) is 0.301. The number of nitrogens with zero attached hydrogens (tertiary/aromatic N) is 1. The van der Waals surface area contributed by atoms with Crippen LogP contribution in [0.15, 0.2) is 29.2 Å². The van der Waals surface area contributed by atoms with Gasteiger partial charge in [0.1, 0.15) is 4.90 Å². The first-order valence-corrected chi connectivity index (χ1v) is 8.94. The van der Waals surface area contributed by atoms with Crippen molar-refractivity contribution in [1.82, 2.24) is 0 Å². The summed E-state index contributed by atoms with van der Waals surface area (Å²) >= 11 is 0. The largest absolute Gasteiger partial charge is 0.618 e. The lowest BCUT2D eigenvalue weighted by atomic mass is 9.93. The van der Waals surface area contributed by atoms with Crippen LogP contribution >= 0.6 is 0 Å². The van der Waals surface area contributed by atoms with E-state index >= 15 is 0 Å². The molecule has 0 aliphatic rings. The minimum Gasteiger partial charge on any atom is -0.618 e. The molecule has 5 nitrogen and oxygen atoms in total. The van der Waals surface area contributed by atoms with Crippen LogP contribution in [0.3, 0.4) is 0 Å². The van der Waals surface area contributed by atoms with Gasteiger partial charge in [0, 0.05) is 11.1 Å². The van der Waals surface area contributed by atoms with Gasteiger partial charge in [-0.3, -0.25) is 4.55 Å². The molecule has 24 heavy (non-hydrogen) atoms. The Morgan fingerprint density at radius 1 is 0.917 bits per heavy atom. The number of rotatable bonds is 3. The lowest BCUT2D eigenvalue weighted by Crippen LogP contribution is -2.09. The molecule has 0 spiro atoms. The van der Waals surface area contributed by atoms with Gasteiger partial charge in [0.2, 0.25) is 5.69 Å². The summed E-state index contributed by atoms with van der Waals surface area (Å²) in [5.74, 6) is 0. The molecule has 0 aliphatic heterocycles. The highest BCUT2D eigenvalue weighted by atomic mass is 32.2. The summed E-state index contributed by atoms with van der Waals surface area (Å²) in [7, 11) is -4.40. The summed E-state index contributed by atoms with van der Waals surface area (Å²) in [6, 6.07) is 5.85. The van der Waals surface area contributed by atoms with Gasteiger partial charge in [-0.1, -0.05) is 12.1 Å². The molecule has 0 fully saturated rings. The summed E-state index contributed by atoms with van der Waals surface area (Å²) in [4.78, 5) is -0.290. The molecule has 1 N–H and O–H groups in total. The van der Waals surface area contributed by atoms with Crippen LogP contribution in [0.25, 0.3) is 0 Å². The first-order chi connectivity index (χ1) is 11.1. The second kappa shape index (κ2) is 6.37. The Labute approximate surface area is 142 Å². The number of hydrogen-bond acceptors (Lipinski definition) is 3. The molecule has 0 amide bonds. The fourth-order valence-corrected chi connectivity index (χ4v) is 3.49. The molecular formula is C18H21NO4S. The van der Waals surface area contributed by atoms with Crippen LogP contribution in [0, 0.1) is 39.8 Å². The lowest BCUT2D eigenvalue weighted by molar-refractivity contribution is -0.355. The fourth-order valence-electron chi connectivity index (χ4n) is 2.82. The van der Waals surface area contributed by atoms with Crippen molar-refractivity contribution in [3.8, 4) is 0 Å². The van der Waals surface area contributed by atoms with E-state index < -0.39 is 10.1 Å². The van der Waals surface area contributed by atoms with E-state index in [1.807, 2.05) is 34.6 Å². The molecule has 6 heteroatoms. The monoisotopic (exact) mass is 347 g/mol. The van der Waals surface area contributed by atoms with Crippen LogP contribution in [-0.2, 0) is 10.1 Å². The third-order valence-electron chi connectivity index (χ3n) is 4.63. The minimum absolute atomic E-state index is 0.143. The molecule has 0 saturated carbocycles. The molecule has 2 rings (SSSR count). The third kappa shape index (κ3) is 3.20. The highest BCUT2D eigenvalue weighted by molar-refractivity contribution is 7.86. The Kier molecular flexibility index (Phi) is 4.82. The van der Waals surface area contributed by atoms with Gasteiger partial charge in [-0.15, -0.1) is 0 Å². The van der Waals surface area contributed by atoms with Gasteiger partial charge in [-0.05, 0) is 63.4 Å². The van der Waals surface area contributed by atoms with Gasteiger partial charge >= 0.3 is 0 Å². The highest BCUT2D eigenvalue weighted by Gasteiger charge is 2.20. The molecule has 0 unspecified atom stereocenters. The maximum Gasteiger partial charge on any atom is 0.295 e. The van der Waals surface area contributed by atoms with Crippen LogP contribution in [0.5, 0.6) is 0 Å². The average Bonchev–Trinajstić information content (AvgIpc) is 2.50. The predicted molar refractivity (Wildman–Crippen MR) is 94.8 cm³/mol. The van der Waals surface area contributed by atoms with E-state index in [0.29, 0.717) is 10.4 Å². The molecule has 0 bridgehead atoms. The van der Waals surface area contributed by atoms with E-state index in [2.05, 4.69) is 0 Å². The summed E-state index contributed by atoms with van der Waals surface area (Å²) < 4.78 is 32.9. The van der Waals surface area contributed by atoms with Crippen LogP contribution in [0.1, 0.15) is 33.4 Å². The molecule has 0 heterocycles. The summed E-state index contributed by atoms with van der Waals surface area (Å²) in [6.45, 7) is 9.68. The first-order valence-electron chi connectivity index (χ1n) is 7.50. The Bertz CT molecular complexity index is 915. The lowest BCUT2D eigenvalue weighted by Gasteiger charge is -2.17. The van der Waals surface area contributed by atoms with Crippen molar-refractivity contribution in [3.05, 3.63) is 62.9 Å². The maximum atomic E-state index is 12.7. The number of hydrogen-bond donors (Lipinski definition) is 1. The van der Waals surface area contributed by atoms with Crippen LogP contribution in [0.4, 0.5) is 5.69 Å². The number of benzene rings is 2. The maximum absolute atomic E-state index is 12.7. The zero-order valence-electron chi connectivity index (χ0n) is 14.4. The second-order valence-electron chi connectivity index (χ2n) is 5.94. The van der Waals surface area contributed by atoms with Gasteiger partial charge in [0.15, 0.2) is 6.21 Å². The average molecular weight is 347 g/mol. The van der Waals surface area contributed by atoms with E-state index in [0.717, 1.165) is 27.8 Å². The van der Waals surface area contributed by atoms with Crippen molar-refractivity contribution < 1.29 is 17.7 Å². The third-order valence-corrected chi connectivity index (χ3v) is 5.56. The molecular weight excluding hydrogens is 326 g/mol. The fraction of sp³-hybridized carbons (Fsp3) is 0.278. The Morgan fingerprint density at radius 3 is 1.88 bits per heavy atom. The molecule has 0 saturated heterocycles. The van der Waals surface area contributed by atoms with Crippen molar-refractivity contribution in [2.24, 2.45) is 0 Å². The normalized spacial score (nSPS) is 12.5. The SMILES string of the molecule is Cc1c(C)c(C)c([N+]([O-])=Cc2ccccc2S(=O)(=O)O)c(C)c1C. The van der Waals surface area contributed by atoms with Crippen molar-refractivity contribution in [2.45, 2.75) is 39.5 Å². The van der Waals surface area contributed by atoms with Gasteiger partial charge < -0.3 is 5.21 Å². The van der Waals surface area contributed by atoms with Crippen LogP contribution < -0.4 is 0 Å². The standard InChI is InChI=1S/C18H21NO4S/c1-11-12(2)14(4)18(15(5)13(11)3)19(20)10-16-8-6-7-9-17(16)24(21,22)23/h6-10H,1-5H3,(H,21,22,23). The molecule has 2 aromatic rings. The smallest absolute Gasteiger partial charge is 0.295 e. The van der Waals surface area contributed by atoms with E-state index in [1.54, 1.807) is 6.07 Å². The summed E-state index contributed by atoms with van der Waals surface area (Å²) in [5, 5.41) is 12.7. The Morgan fingerprint density at radius 2 is 1.38 bits per heavy atom. The predicted octanol–water partition coefficient (Wildman–Crippen LogP) is 3.74. The van der Waals surface area contributed by atoms with Gasteiger partial charge in [0.25, 0.3) is 10.1 Å². The van der Waals surface area contributed by atoms with E-state index in [-0.39, 0.29) is 10.5 Å². The summed E-state index contributed by atoms with van der Waals surface area (Å²) in [6.07, 6.45) is 1.19. The molecule has 2 aromatic carbocycles. The zero-order valence-corrected chi connectivity index (χ0v) is 15.2. The zero-order chi connectivity index (χ0) is 18.2. The molecule has 128 valence electrons.